The quantitative estimate of drug-likeness (QED) is 0.697. The molecule has 162 valence electrons. The van der Waals surface area contributed by atoms with Gasteiger partial charge < -0.3 is 14.8 Å². The summed E-state index contributed by atoms with van der Waals surface area (Å²) in [4.78, 5) is 12.7. The number of methoxy groups -OCH3 is 2. The molecule has 0 spiro atoms. The van der Waals surface area contributed by atoms with Crippen molar-refractivity contribution in [2.75, 3.05) is 27.3 Å². The second kappa shape index (κ2) is 9.68. The largest absolute Gasteiger partial charge is 0.497 e. The van der Waals surface area contributed by atoms with Gasteiger partial charge in [0.05, 0.1) is 20.1 Å². The van der Waals surface area contributed by atoms with E-state index in [9.17, 15) is 13.2 Å². The molecule has 1 heterocycles. The highest BCUT2D eigenvalue weighted by Crippen LogP contribution is 2.32. The topological polar surface area (TPSA) is 84.9 Å². The Morgan fingerprint density at radius 1 is 1.20 bits per heavy atom. The molecule has 1 fully saturated rings. The molecule has 30 heavy (non-hydrogen) atoms. The van der Waals surface area contributed by atoms with Crippen molar-refractivity contribution in [3.8, 4) is 11.5 Å². The van der Waals surface area contributed by atoms with Crippen LogP contribution >= 0.6 is 11.6 Å². The molecule has 3 rings (SSSR count). The van der Waals surface area contributed by atoms with Crippen LogP contribution in [-0.2, 0) is 21.4 Å². The number of rotatable bonds is 7. The van der Waals surface area contributed by atoms with E-state index in [0.717, 1.165) is 5.56 Å². The van der Waals surface area contributed by atoms with Crippen molar-refractivity contribution in [3.63, 3.8) is 0 Å². The fourth-order valence-electron chi connectivity index (χ4n) is 3.47. The van der Waals surface area contributed by atoms with Crippen LogP contribution in [0.2, 0.25) is 5.02 Å². The minimum atomic E-state index is -3.85. The third-order valence-corrected chi connectivity index (χ3v) is 7.41. The van der Waals surface area contributed by atoms with Crippen LogP contribution in [0.5, 0.6) is 11.5 Å². The zero-order valence-electron chi connectivity index (χ0n) is 16.9. The van der Waals surface area contributed by atoms with Crippen molar-refractivity contribution in [1.29, 1.82) is 0 Å². The first kappa shape index (κ1) is 22.4. The number of hydrogen-bond acceptors (Lipinski definition) is 5. The van der Waals surface area contributed by atoms with Crippen LogP contribution in [0.1, 0.15) is 18.4 Å². The smallest absolute Gasteiger partial charge is 0.246 e. The Kier molecular flexibility index (Phi) is 7.23. The number of piperidine rings is 1. The predicted octanol–water partition coefficient (Wildman–Crippen LogP) is 3.07. The highest BCUT2D eigenvalue weighted by atomic mass is 35.5. The van der Waals surface area contributed by atoms with Crippen molar-refractivity contribution in [2.45, 2.75) is 24.3 Å². The number of carbonyl (C=O) groups is 1. The molecular formula is C21H25ClN2O5S. The fraction of sp³-hybridized carbons (Fsp3) is 0.381. The molecule has 7 nitrogen and oxygen atoms in total. The molecule has 1 aliphatic heterocycles. The lowest BCUT2D eigenvalue weighted by molar-refractivity contribution is -0.126. The van der Waals surface area contributed by atoms with Crippen LogP contribution < -0.4 is 14.8 Å². The van der Waals surface area contributed by atoms with Gasteiger partial charge in [0.25, 0.3) is 0 Å². The molecule has 0 aliphatic carbocycles. The molecule has 0 bridgehead atoms. The first-order valence-electron chi connectivity index (χ1n) is 9.60. The summed E-state index contributed by atoms with van der Waals surface area (Å²) in [6.07, 6.45) is 1.21. The fourth-order valence-corrected chi connectivity index (χ4v) is 5.36. The molecule has 2 aromatic rings. The average molecular weight is 453 g/mol. The van der Waals surface area contributed by atoms with Gasteiger partial charge in [-0.2, -0.15) is 4.31 Å². The lowest BCUT2D eigenvalue weighted by Crippen LogP contribution is -2.45. The Hall–Kier alpha value is -2.29. The van der Waals surface area contributed by atoms with Gasteiger partial charge in [0.15, 0.2) is 0 Å². The monoisotopic (exact) mass is 452 g/mol. The molecule has 1 atom stereocenters. The molecule has 1 amide bonds. The van der Waals surface area contributed by atoms with Gasteiger partial charge in [-0.15, -0.1) is 0 Å². The molecule has 1 N–H and O–H groups in total. The van der Waals surface area contributed by atoms with E-state index in [4.69, 9.17) is 21.1 Å². The zero-order valence-corrected chi connectivity index (χ0v) is 18.5. The van der Waals surface area contributed by atoms with Gasteiger partial charge in [0, 0.05) is 30.7 Å². The van der Waals surface area contributed by atoms with Gasteiger partial charge in [-0.3, -0.25) is 4.79 Å². The summed E-state index contributed by atoms with van der Waals surface area (Å²) in [5, 5.41) is 3.45. The van der Waals surface area contributed by atoms with Crippen molar-refractivity contribution >= 4 is 27.5 Å². The van der Waals surface area contributed by atoms with Gasteiger partial charge >= 0.3 is 0 Å². The standard InChI is InChI=1S/C21H25ClN2O5S/c1-28-17-9-10-19(29-2)20(12-17)30(26,27)24-11-5-7-16(14-24)21(25)23-13-15-6-3-4-8-18(15)22/h3-4,6,8-10,12,16H,5,7,11,13-14H2,1-2H3,(H,23,25)/t16-/m0/s1. The lowest BCUT2D eigenvalue weighted by Gasteiger charge is -2.31. The third kappa shape index (κ3) is 4.88. The van der Waals surface area contributed by atoms with Crippen LogP contribution in [0.15, 0.2) is 47.4 Å². The maximum Gasteiger partial charge on any atom is 0.246 e. The Morgan fingerprint density at radius 3 is 2.67 bits per heavy atom. The van der Waals surface area contributed by atoms with Gasteiger partial charge in [-0.25, -0.2) is 8.42 Å². The van der Waals surface area contributed by atoms with Gasteiger partial charge in [-0.1, -0.05) is 29.8 Å². The molecule has 0 radical (unpaired) electrons. The molecule has 1 saturated heterocycles. The lowest BCUT2D eigenvalue weighted by atomic mass is 9.99. The normalized spacial score (nSPS) is 17.4. The second-order valence-electron chi connectivity index (χ2n) is 7.03. The van der Waals surface area contributed by atoms with Crippen LogP contribution in [0, 0.1) is 5.92 Å². The summed E-state index contributed by atoms with van der Waals surface area (Å²) >= 11 is 6.14. The maximum atomic E-state index is 13.3. The van der Waals surface area contributed by atoms with Crippen molar-refractivity contribution < 1.29 is 22.7 Å². The van der Waals surface area contributed by atoms with E-state index >= 15 is 0 Å². The Balaban J connectivity index is 1.73. The van der Waals surface area contributed by atoms with Crippen LogP contribution in [0.4, 0.5) is 0 Å². The number of amides is 1. The van der Waals surface area contributed by atoms with Crippen molar-refractivity contribution in [3.05, 3.63) is 53.1 Å². The predicted molar refractivity (Wildman–Crippen MR) is 114 cm³/mol. The summed E-state index contributed by atoms with van der Waals surface area (Å²) < 4.78 is 38.3. The Morgan fingerprint density at radius 2 is 1.97 bits per heavy atom. The first-order valence-corrected chi connectivity index (χ1v) is 11.4. The van der Waals surface area contributed by atoms with Gasteiger partial charge in [0.2, 0.25) is 15.9 Å². The molecular weight excluding hydrogens is 428 g/mol. The van der Waals surface area contributed by atoms with E-state index in [-0.39, 0.29) is 23.1 Å². The molecule has 1 aliphatic rings. The molecule has 0 saturated carbocycles. The van der Waals surface area contributed by atoms with E-state index in [0.29, 0.717) is 36.7 Å². The minimum Gasteiger partial charge on any atom is -0.497 e. The van der Waals surface area contributed by atoms with Gasteiger partial charge in [0.1, 0.15) is 16.4 Å². The van der Waals surface area contributed by atoms with Crippen LogP contribution in [0.3, 0.4) is 0 Å². The number of sulfonamides is 1. The number of carbonyl (C=O) groups excluding carboxylic acids is 1. The third-order valence-electron chi connectivity index (χ3n) is 5.15. The average Bonchev–Trinajstić information content (AvgIpc) is 2.77. The number of halogens is 1. The summed E-state index contributed by atoms with van der Waals surface area (Å²) in [7, 11) is -0.961. The molecule has 0 unspecified atom stereocenters. The van der Waals surface area contributed by atoms with Crippen LogP contribution in [-0.4, -0.2) is 45.9 Å². The van der Waals surface area contributed by atoms with E-state index < -0.39 is 15.9 Å². The highest BCUT2D eigenvalue weighted by Gasteiger charge is 2.35. The number of ether oxygens (including phenoxy) is 2. The summed E-state index contributed by atoms with van der Waals surface area (Å²) in [6, 6.07) is 11.9. The summed E-state index contributed by atoms with van der Waals surface area (Å²) in [6.45, 7) is 0.750. The molecule has 9 heteroatoms. The SMILES string of the molecule is COc1ccc(OC)c(S(=O)(=O)N2CCC[C@H](C(=O)NCc3ccccc3Cl)C2)c1. The van der Waals surface area contributed by atoms with Gasteiger partial charge in [-0.05, 0) is 36.6 Å². The van der Waals surface area contributed by atoms with Crippen LogP contribution in [0.25, 0.3) is 0 Å². The van der Waals surface area contributed by atoms with E-state index in [1.54, 1.807) is 18.2 Å². The Bertz CT molecular complexity index is 1010. The summed E-state index contributed by atoms with van der Waals surface area (Å²) in [5.41, 5.74) is 0.814. The van der Waals surface area contributed by atoms with E-state index in [1.165, 1.54) is 24.6 Å². The van der Waals surface area contributed by atoms with Crippen molar-refractivity contribution in [2.24, 2.45) is 5.92 Å². The zero-order chi connectivity index (χ0) is 21.7. The first-order chi connectivity index (χ1) is 14.4. The number of nitrogens with one attached hydrogen (secondary N) is 1. The second-order valence-corrected chi connectivity index (χ2v) is 9.34. The minimum absolute atomic E-state index is 0.0291. The molecule has 2 aromatic carbocycles. The van der Waals surface area contributed by atoms with Crippen molar-refractivity contribution in [1.82, 2.24) is 9.62 Å². The number of nitrogens with zero attached hydrogens (tertiary/aromatic N) is 1. The Labute approximate surface area is 182 Å². The maximum absolute atomic E-state index is 13.3. The van der Waals surface area contributed by atoms with E-state index in [1.807, 2.05) is 18.2 Å². The number of benzene rings is 2. The highest BCUT2D eigenvalue weighted by molar-refractivity contribution is 7.89. The summed E-state index contributed by atoms with van der Waals surface area (Å²) in [5.74, 6) is 0.0292. The molecule has 0 aromatic heterocycles. The number of hydrogen-bond donors (Lipinski definition) is 1. The van der Waals surface area contributed by atoms with E-state index in [2.05, 4.69) is 5.32 Å².